The van der Waals surface area contributed by atoms with Crippen LogP contribution in [0.5, 0.6) is 0 Å². The monoisotopic (exact) mass is 474 g/mol. The van der Waals surface area contributed by atoms with Gasteiger partial charge in [0.15, 0.2) is 6.61 Å². The summed E-state index contributed by atoms with van der Waals surface area (Å²) in [5, 5.41) is 2.88. The van der Waals surface area contributed by atoms with Gasteiger partial charge in [-0.05, 0) is 73.3 Å². The minimum Gasteiger partial charge on any atom is -0.452 e. The van der Waals surface area contributed by atoms with Crippen LogP contribution in [0, 0.1) is 23.7 Å². The number of para-hydroxylation sites is 1. The van der Waals surface area contributed by atoms with Crippen LogP contribution in [-0.2, 0) is 32.0 Å². The number of amides is 3. The van der Waals surface area contributed by atoms with Gasteiger partial charge in [0.25, 0.3) is 5.91 Å². The predicted molar refractivity (Wildman–Crippen MR) is 131 cm³/mol. The van der Waals surface area contributed by atoms with Crippen LogP contribution < -0.4 is 10.2 Å². The van der Waals surface area contributed by atoms with Crippen LogP contribution in [0.4, 0.5) is 11.4 Å². The van der Waals surface area contributed by atoms with Crippen LogP contribution in [-0.4, -0.2) is 30.3 Å². The van der Waals surface area contributed by atoms with Crippen molar-refractivity contribution in [1.82, 2.24) is 0 Å². The zero-order chi connectivity index (χ0) is 24.7. The van der Waals surface area contributed by atoms with E-state index in [1.165, 1.54) is 11.0 Å². The van der Waals surface area contributed by atoms with E-state index in [4.69, 9.17) is 4.74 Å². The Morgan fingerprint density at radius 2 is 1.54 bits per heavy atom. The van der Waals surface area contributed by atoms with E-state index in [0.29, 0.717) is 17.5 Å². The Balaban J connectivity index is 1.25. The standard InChI is InChI=1S/C28H30N2O5/c1-3-16-7-5-8-17(4-2)25(16)29-22(31)15-35-28(34)20-9-6-10-21(14-20)30-26(32)23-18-11-12-19(13-18)24(23)27(30)33/h5-10,14,18-19,23-24H,3-4,11-13,15H2,1-2H3,(H,29,31)/t18-,19-,23-,24-/m0/s1. The van der Waals surface area contributed by atoms with Gasteiger partial charge in [-0.25, -0.2) is 4.79 Å². The lowest BCUT2D eigenvalue weighted by molar-refractivity contribution is -0.123. The minimum atomic E-state index is -0.680. The number of imide groups is 1. The Morgan fingerprint density at radius 1 is 0.943 bits per heavy atom. The maximum atomic E-state index is 13.1. The maximum absolute atomic E-state index is 13.1. The summed E-state index contributed by atoms with van der Waals surface area (Å²) in [4.78, 5) is 52.7. The molecule has 5 rings (SSSR count). The van der Waals surface area contributed by atoms with Crippen molar-refractivity contribution < 1.29 is 23.9 Å². The van der Waals surface area contributed by atoms with Crippen LogP contribution in [0.3, 0.4) is 0 Å². The quantitative estimate of drug-likeness (QED) is 0.481. The van der Waals surface area contributed by atoms with Crippen LogP contribution in [0.1, 0.15) is 54.6 Å². The van der Waals surface area contributed by atoms with Gasteiger partial charge in [-0.1, -0.05) is 38.1 Å². The number of esters is 1. The van der Waals surface area contributed by atoms with Crippen LogP contribution in [0.15, 0.2) is 42.5 Å². The zero-order valence-electron chi connectivity index (χ0n) is 20.1. The molecule has 2 aromatic rings. The number of hydrogen-bond acceptors (Lipinski definition) is 5. The highest BCUT2D eigenvalue weighted by molar-refractivity contribution is 6.22. The molecule has 2 aromatic carbocycles. The molecule has 1 saturated heterocycles. The molecule has 0 aromatic heterocycles. The van der Waals surface area contributed by atoms with Gasteiger partial charge in [0.1, 0.15) is 0 Å². The molecule has 4 atom stereocenters. The molecule has 7 nitrogen and oxygen atoms in total. The van der Waals surface area contributed by atoms with E-state index in [0.717, 1.165) is 48.9 Å². The third-order valence-electron chi connectivity index (χ3n) is 7.87. The number of carbonyl (C=O) groups excluding carboxylic acids is 4. The number of rotatable bonds is 7. The molecule has 2 aliphatic carbocycles. The van der Waals surface area contributed by atoms with Gasteiger partial charge in [0.2, 0.25) is 11.8 Å². The highest BCUT2D eigenvalue weighted by atomic mass is 16.5. The topological polar surface area (TPSA) is 92.8 Å². The average Bonchev–Trinajstić information content (AvgIpc) is 3.56. The lowest BCUT2D eigenvalue weighted by Gasteiger charge is -2.19. The number of ether oxygens (including phenoxy) is 1. The number of carbonyl (C=O) groups is 4. The number of benzene rings is 2. The largest absolute Gasteiger partial charge is 0.452 e. The molecular weight excluding hydrogens is 444 g/mol. The van der Waals surface area contributed by atoms with E-state index >= 15 is 0 Å². The number of nitrogens with one attached hydrogen (secondary N) is 1. The predicted octanol–water partition coefficient (Wildman–Crippen LogP) is 4.14. The zero-order valence-corrected chi connectivity index (χ0v) is 20.1. The van der Waals surface area contributed by atoms with Crippen molar-refractivity contribution in [3.8, 4) is 0 Å². The van der Waals surface area contributed by atoms with Gasteiger partial charge in [-0.15, -0.1) is 0 Å². The van der Waals surface area contributed by atoms with Gasteiger partial charge in [0, 0.05) is 5.69 Å². The van der Waals surface area contributed by atoms with E-state index in [2.05, 4.69) is 5.32 Å². The van der Waals surface area contributed by atoms with E-state index in [9.17, 15) is 19.2 Å². The highest BCUT2D eigenvalue weighted by Gasteiger charge is 2.61. The van der Waals surface area contributed by atoms with Gasteiger partial charge >= 0.3 is 5.97 Å². The summed E-state index contributed by atoms with van der Waals surface area (Å²) in [7, 11) is 0. The average molecular weight is 475 g/mol. The normalized spacial score (nSPS) is 24.6. The summed E-state index contributed by atoms with van der Waals surface area (Å²) in [6.45, 7) is 3.61. The molecule has 1 aliphatic heterocycles. The van der Waals surface area contributed by atoms with Crippen LogP contribution in [0.2, 0.25) is 0 Å². The second kappa shape index (κ2) is 9.29. The fourth-order valence-electron chi connectivity index (χ4n) is 6.23. The van der Waals surface area contributed by atoms with Crippen LogP contribution in [0.25, 0.3) is 0 Å². The molecule has 2 saturated carbocycles. The Hall–Kier alpha value is -3.48. The maximum Gasteiger partial charge on any atom is 0.338 e. The Morgan fingerprint density at radius 3 is 2.14 bits per heavy atom. The smallest absolute Gasteiger partial charge is 0.338 e. The molecule has 0 unspecified atom stereocenters. The van der Waals surface area contributed by atoms with Crippen molar-refractivity contribution in [2.75, 3.05) is 16.8 Å². The third kappa shape index (κ3) is 4.03. The molecule has 1 heterocycles. The van der Waals surface area contributed by atoms with Crippen molar-refractivity contribution in [2.45, 2.75) is 46.0 Å². The molecule has 0 radical (unpaired) electrons. The summed E-state index contributed by atoms with van der Waals surface area (Å²) >= 11 is 0. The van der Waals surface area contributed by atoms with Crippen molar-refractivity contribution >= 4 is 35.1 Å². The van der Waals surface area contributed by atoms with E-state index < -0.39 is 18.5 Å². The number of hydrogen-bond donors (Lipinski definition) is 1. The first-order valence-electron chi connectivity index (χ1n) is 12.5. The molecule has 3 amide bonds. The van der Waals surface area contributed by atoms with E-state index in [-0.39, 0.29) is 29.2 Å². The van der Waals surface area contributed by atoms with E-state index in [1.807, 2.05) is 32.0 Å². The summed E-state index contributed by atoms with van der Waals surface area (Å²) in [5.41, 5.74) is 3.40. The van der Waals surface area contributed by atoms with Gasteiger partial charge in [-0.3, -0.25) is 19.3 Å². The SMILES string of the molecule is CCc1cccc(CC)c1NC(=O)COC(=O)c1cccc(N2C(=O)[C@H]3[C@H]4CC[C@@H](C4)[C@@H]3C2=O)c1. The molecule has 7 heteroatoms. The number of aryl methyl sites for hydroxylation is 2. The van der Waals surface area contributed by atoms with Crippen molar-refractivity contribution in [1.29, 1.82) is 0 Å². The Kier molecular flexibility index (Phi) is 6.17. The highest BCUT2D eigenvalue weighted by Crippen LogP contribution is 2.56. The molecule has 2 bridgehead atoms. The first-order valence-corrected chi connectivity index (χ1v) is 12.5. The number of fused-ring (bicyclic) bond motifs is 5. The molecule has 3 fully saturated rings. The fourth-order valence-corrected chi connectivity index (χ4v) is 6.23. The first-order chi connectivity index (χ1) is 16.9. The molecule has 182 valence electrons. The lowest BCUT2D eigenvalue weighted by Crippen LogP contribution is -2.32. The van der Waals surface area contributed by atoms with Crippen molar-refractivity contribution in [2.24, 2.45) is 23.7 Å². The summed E-state index contributed by atoms with van der Waals surface area (Å²) in [6.07, 6.45) is 4.53. The molecule has 3 aliphatic rings. The minimum absolute atomic E-state index is 0.154. The first kappa shape index (κ1) is 23.3. The number of anilines is 2. The fraction of sp³-hybridized carbons (Fsp3) is 0.429. The van der Waals surface area contributed by atoms with Gasteiger partial charge in [0.05, 0.1) is 23.1 Å². The summed E-state index contributed by atoms with van der Waals surface area (Å²) < 4.78 is 5.26. The molecule has 1 N–H and O–H groups in total. The van der Waals surface area contributed by atoms with Crippen LogP contribution >= 0.6 is 0 Å². The summed E-state index contributed by atoms with van der Waals surface area (Å²) in [5.74, 6) is -1.26. The lowest BCUT2D eigenvalue weighted by atomic mass is 9.81. The number of nitrogens with zero attached hydrogens (tertiary/aromatic N) is 1. The van der Waals surface area contributed by atoms with Gasteiger partial charge < -0.3 is 10.1 Å². The van der Waals surface area contributed by atoms with E-state index in [1.54, 1.807) is 18.2 Å². The van der Waals surface area contributed by atoms with Gasteiger partial charge in [-0.2, -0.15) is 0 Å². The molecule has 0 spiro atoms. The Bertz CT molecular complexity index is 1160. The second-order valence-corrected chi connectivity index (χ2v) is 9.73. The third-order valence-corrected chi connectivity index (χ3v) is 7.87. The van der Waals surface area contributed by atoms with Crippen molar-refractivity contribution in [3.63, 3.8) is 0 Å². The summed E-state index contributed by atoms with van der Waals surface area (Å²) in [6, 6.07) is 12.2. The van der Waals surface area contributed by atoms with Crippen molar-refractivity contribution in [3.05, 3.63) is 59.2 Å². The Labute approximate surface area is 204 Å². The molecular formula is C28H30N2O5. The second-order valence-electron chi connectivity index (χ2n) is 9.73. The molecule has 35 heavy (non-hydrogen) atoms.